The van der Waals surface area contributed by atoms with Crippen LogP contribution in [0.15, 0.2) is 23.5 Å². The second kappa shape index (κ2) is 4.84. The molecule has 0 saturated heterocycles. The smallest absolute Gasteiger partial charge is 0.312 e. The number of allylic oxidation sites excluding steroid dienone is 3. The van der Waals surface area contributed by atoms with Gasteiger partial charge < -0.3 is 9.47 Å². The minimum Gasteiger partial charge on any atom is -0.501 e. The lowest BCUT2D eigenvalue weighted by Crippen LogP contribution is -2.16. The molecule has 1 aliphatic rings. The molecule has 0 fully saturated rings. The number of carbonyl (C=O) groups is 1. The SMILES string of the molecule is COC(=O)C(C)C1=CCC=C(OC)C1. The zero-order chi connectivity index (χ0) is 10.6. The topological polar surface area (TPSA) is 35.5 Å². The Balaban J connectivity index is 2.62. The maximum absolute atomic E-state index is 11.3. The van der Waals surface area contributed by atoms with Gasteiger partial charge in [0.05, 0.1) is 25.9 Å². The summed E-state index contributed by atoms with van der Waals surface area (Å²) in [5.41, 5.74) is 1.08. The molecule has 0 saturated carbocycles. The Kier molecular flexibility index (Phi) is 3.74. The predicted octanol–water partition coefficient (Wildman–Crippen LogP) is 2.05. The summed E-state index contributed by atoms with van der Waals surface area (Å²) in [6.45, 7) is 1.86. The Labute approximate surface area is 84.4 Å². The molecule has 0 heterocycles. The number of methoxy groups -OCH3 is 2. The van der Waals surface area contributed by atoms with Crippen molar-refractivity contribution < 1.29 is 14.3 Å². The third-order valence-electron chi connectivity index (χ3n) is 2.48. The molecule has 14 heavy (non-hydrogen) atoms. The summed E-state index contributed by atoms with van der Waals surface area (Å²) < 4.78 is 9.85. The number of carbonyl (C=O) groups excluding carboxylic acids is 1. The number of esters is 1. The van der Waals surface area contributed by atoms with Gasteiger partial charge in [0.1, 0.15) is 0 Å². The highest BCUT2D eigenvalue weighted by atomic mass is 16.5. The van der Waals surface area contributed by atoms with Crippen molar-refractivity contribution >= 4 is 5.97 Å². The van der Waals surface area contributed by atoms with Crippen LogP contribution in [0.5, 0.6) is 0 Å². The normalized spacial score (nSPS) is 17.9. The summed E-state index contributed by atoms with van der Waals surface area (Å²) in [5.74, 6) is 0.575. The molecule has 0 spiro atoms. The van der Waals surface area contributed by atoms with Crippen molar-refractivity contribution in [1.29, 1.82) is 0 Å². The Morgan fingerprint density at radius 3 is 2.71 bits per heavy atom. The van der Waals surface area contributed by atoms with E-state index in [9.17, 15) is 4.79 Å². The Morgan fingerprint density at radius 2 is 2.14 bits per heavy atom. The van der Waals surface area contributed by atoms with Crippen molar-refractivity contribution in [1.82, 2.24) is 0 Å². The summed E-state index contributed by atoms with van der Waals surface area (Å²) in [4.78, 5) is 11.3. The van der Waals surface area contributed by atoms with E-state index in [2.05, 4.69) is 6.08 Å². The zero-order valence-electron chi connectivity index (χ0n) is 8.87. The van der Waals surface area contributed by atoms with Crippen LogP contribution in [0.2, 0.25) is 0 Å². The Morgan fingerprint density at radius 1 is 1.43 bits per heavy atom. The molecule has 0 bridgehead atoms. The highest BCUT2D eigenvalue weighted by Gasteiger charge is 2.20. The zero-order valence-corrected chi connectivity index (χ0v) is 8.87. The van der Waals surface area contributed by atoms with Crippen molar-refractivity contribution in [2.45, 2.75) is 19.8 Å². The highest BCUT2D eigenvalue weighted by Crippen LogP contribution is 2.25. The lowest BCUT2D eigenvalue weighted by Gasteiger charge is -2.18. The van der Waals surface area contributed by atoms with Crippen molar-refractivity contribution in [3.8, 4) is 0 Å². The first-order valence-corrected chi connectivity index (χ1v) is 4.68. The van der Waals surface area contributed by atoms with E-state index in [1.165, 1.54) is 7.11 Å². The molecule has 78 valence electrons. The molecule has 1 aliphatic carbocycles. The second-order valence-corrected chi connectivity index (χ2v) is 3.31. The lowest BCUT2D eigenvalue weighted by molar-refractivity contribution is -0.143. The largest absolute Gasteiger partial charge is 0.501 e. The van der Waals surface area contributed by atoms with Gasteiger partial charge in [-0.3, -0.25) is 4.79 Å². The van der Waals surface area contributed by atoms with Gasteiger partial charge in [-0.05, 0) is 19.4 Å². The van der Waals surface area contributed by atoms with Gasteiger partial charge >= 0.3 is 5.97 Å². The molecule has 0 amide bonds. The summed E-state index contributed by atoms with van der Waals surface area (Å²) in [6, 6.07) is 0. The van der Waals surface area contributed by atoms with Crippen LogP contribution in [0.1, 0.15) is 19.8 Å². The first-order chi connectivity index (χ1) is 6.69. The quantitative estimate of drug-likeness (QED) is 0.512. The van der Waals surface area contributed by atoms with E-state index in [-0.39, 0.29) is 11.9 Å². The number of hydrogen-bond donors (Lipinski definition) is 0. The van der Waals surface area contributed by atoms with Crippen LogP contribution in [0.4, 0.5) is 0 Å². The molecule has 3 heteroatoms. The van der Waals surface area contributed by atoms with E-state index in [4.69, 9.17) is 9.47 Å². The first-order valence-electron chi connectivity index (χ1n) is 4.68. The van der Waals surface area contributed by atoms with Crippen molar-refractivity contribution in [2.75, 3.05) is 14.2 Å². The van der Waals surface area contributed by atoms with Gasteiger partial charge in [-0.25, -0.2) is 0 Å². The highest BCUT2D eigenvalue weighted by molar-refractivity contribution is 5.75. The molecule has 0 N–H and O–H groups in total. The fourth-order valence-corrected chi connectivity index (χ4v) is 1.50. The van der Waals surface area contributed by atoms with Gasteiger partial charge in [-0.1, -0.05) is 11.6 Å². The maximum Gasteiger partial charge on any atom is 0.312 e. The van der Waals surface area contributed by atoms with E-state index in [1.807, 2.05) is 13.0 Å². The minimum atomic E-state index is -0.186. The molecule has 0 aromatic rings. The second-order valence-electron chi connectivity index (χ2n) is 3.31. The van der Waals surface area contributed by atoms with Crippen LogP contribution in [0.25, 0.3) is 0 Å². The summed E-state index contributed by atoms with van der Waals surface area (Å²) in [7, 11) is 3.06. The third kappa shape index (κ3) is 2.37. The van der Waals surface area contributed by atoms with Crippen molar-refractivity contribution in [3.63, 3.8) is 0 Å². The van der Waals surface area contributed by atoms with Gasteiger partial charge in [0.2, 0.25) is 0 Å². The van der Waals surface area contributed by atoms with E-state index in [1.54, 1.807) is 7.11 Å². The molecule has 3 nitrogen and oxygen atoms in total. The van der Waals surface area contributed by atoms with Crippen LogP contribution in [0, 0.1) is 5.92 Å². The van der Waals surface area contributed by atoms with Crippen LogP contribution >= 0.6 is 0 Å². The molecule has 1 atom stereocenters. The first kappa shape index (κ1) is 10.8. The van der Waals surface area contributed by atoms with Crippen molar-refractivity contribution in [2.24, 2.45) is 5.92 Å². The van der Waals surface area contributed by atoms with Crippen LogP contribution < -0.4 is 0 Å². The molecule has 0 aromatic carbocycles. The molecule has 0 radical (unpaired) electrons. The molecule has 0 aromatic heterocycles. The van der Waals surface area contributed by atoms with Gasteiger partial charge in [0.15, 0.2) is 0 Å². The van der Waals surface area contributed by atoms with Gasteiger partial charge in [-0.2, -0.15) is 0 Å². The molecule has 0 aliphatic heterocycles. The van der Waals surface area contributed by atoms with E-state index < -0.39 is 0 Å². The Hall–Kier alpha value is -1.25. The monoisotopic (exact) mass is 196 g/mol. The molecular weight excluding hydrogens is 180 g/mol. The lowest BCUT2D eigenvalue weighted by atomic mass is 9.93. The van der Waals surface area contributed by atoms with Gasteiger partial charge in [0, 0.05) is 6.42 Å². The minimum absolute atomic E-state index is 0.168. The molecule has 1 rings (SSSR count). The summed E-state index contributed by atoms with van der Waals surface area (Å²) in [5, 5.41) is 0. The van der Waals surface area contributed by atoms with Crippen molar-refractivity contribution in [3.05, 3.63) is 23.5 Å². The van der Waals surface area contributed by atoms with Gasteiger partial charge in [-0.15, -0.1) is 0 Å². The predicted molar refractivity (Wildman–Crippen MR) is 53.6 cm³/mol. The van der Waals surface area contributed by atoms with Crippen LogP contribution in [-0.2, 0) is 14.3 Å². The molecular formula is C11H16O3. The average Bonchev–Trinajstić information content (AvgIpc) is 2.27. The maximum atomic E-state index is 11.3. The van der Waals surface area contributed by atoms with Crippen LogP contribution in [0.3, 0.4) is 0 Å². The number of ether oxygens (including phenoxy) is 2. The fourth-order valence-electron chi connectivity index (χ4n) is 1.50. The number of hydrogen-bond acceptors (Lipinski definition) is 3. The van der Waals surface area contributed by atoms with Gasteiger partial charge in [0.25, 0.3) is 0 Å². The number of rotatable bonds is 3. The molecule has 1 unspecified atom stereocenters. The fraction of sp³-hybridized carbons (Fsp3) is 0.545. The van der Waals surface area contributed by atoms with E-state index >= 15 is 0 Å². The Bertz CT molecular complexity index is 276. The summed E-state index contributed by atoms with van der Waals surface area (Å²) >= 11 is 0. The third-order valence-corrected chi connectivity index (χ3v) is 2.48. The van der Waals surface area contributed by atoms with E-state index in [0.29, 0.717) is 6.42 Å². The van der Waals surface area contributed by atoms with E-state index in [0.717, 1.165) is 17.8 Å². The average molecular weight is 196 g/mol. The summed E-state index contributed by atoms with van der Waals surface area (Å²) in [6.07, 6.45) is 5.63. The van der Waals surface area contributed by atoms with Crippen LogP contribution in [-0.4, -0.2) is 20.2 Å². The standard InChI is InChI=1S/C11H16O3/c1-8(11(12)14-3)9-5-4-6-10(7-9)13-2/h5-6,8H,4,7H2,1-3H3.